The van der Waals surface area contributed by atoms with Crippen molar-refractivity contribution >= 4 is 29.9 Å². The van der Waals surface area contributed by atoms with Crippen molar-refractivity contribution in [1.29, 1.82) is 0 Å². The molecule has 0 fully saturated rings. The fourth-order valence-electron chi connectivity index (χ4n) is 2.35. The van der Waals surface area contributed by atoms with Crippen LogP contribution in [0.15, 0.2) is 41.7 Å². The topological polar surface area (TPSA) is 54.2 Å². The highest BCUT2D eigenvalue weighted by atomic mass is 127. The number of benzene rings is 1. The second kappa shape index (κ2) is 11.1. The molecule has 2 aromatic rings. The van der Waals surface area contributed by atoms with Crippen LogP contribution in [-0.4, -0.2) is 28.6 Å². The minimum atomic E-state index is 0. The van der Waals surface area contributed by atoms with Crippen LogP contribution in [-0.2, 0) is 13.1 Å². The lowest BCUT2D eigenvalue weighted by Crippen LogP contribution is -2.37. The number of rotatable bonds is 7. The number of hydrogen-bond acceptors (Lipinski definition) is 2. The number of aryl methyl sites for hydroxylation is 1. The summed E-state index contributed by atoms with van der Waals surface area (Å²) < 4.78 is 2.15. The summed E-state index contributed by atoms with van der Waals surface area (Å²) in [4.78, 5) is 8.92. The number of guanidine groups is 1. The molecule has 0 aliphatic rings. The van der Waals surface area contributed by atoms with E-state index in [0.29, 0.717) is 6.54 Å². The van der Waals surface area contributed by atoms with Crippen LogP contribution in [0.1, 0.15) is 37.2 Å². The maximum atomic E-state index is 4.65. The van der Waals surface area contributed by atoms with Crippen LogP contribution in [0.25, 0.3) is 0 Å². The molecule has 0 amide bonds. The van der Waals surface area contributed by atoms with Crippen molar-refractivity contribution in [1.82, 2.24) is 20.2 Å². The highest BCUT2D eigenvalue weighted by molar-refractivity contribution is 14.0. The lowest BCUT2D eigenvalue weighted by atomic mass is 10.1. The van der Waals surface area contributed by atoms with E-state index in [1.54, 1.807) is 0 Å². The van der Waals surface area contributed by atoms with Gasteiger partial charge in [0.05, 0.1) is 6.54 Å². The summed E-state index contributed by atoms with van der Waals surface area (Å²) >= 11 is 0. The second-order valence-corrected chi connectivity index (χ2v) is 5.54. The van der Waals surface area contributed by atoms with Crippen LogP contribution >= 0.6 is 24.0 Å². The largest absolute Gasteiger partial charge is 0.357 e. The van der Waals surface area contributed by atoms with Crippen LogP contribution < -0.4 is 10.6 Å². The molecule has 0 saturated heterocycles. The first-order valence-electron chi connectivity index (χ1n) is 8.30. The van der Waals surface area contributed by atoms with Crippen molar-refractivity contribution in [3.05, 3.63) is 53.6 Å². The Balaban J connectivity index is 0.00000288. The summed E-state index contributed by atoms with van der Waals surface area (Å²) in [6.07, 6.45) is 4.94. The molecule has 132 valence electrons. The third kappa shape index (κ3) is 6.51. The molecule has 6 heteroatoms. The van der Waals surface area contributed by atoms with Crippen LogP contribution in [0, 0.1) is 6.92 Å². The van der Waals surface area contributed by atoms with Gasteiger partial charge in [-0.3, -0.25) is 0 Å². The predicted molar refractivity (Wildman–Crippen MR) is 111 cm³/mol. The van der Waals surface area contributed by atoms with Crippen LogP contribution in [0.4, 0.5) is 0 Å². The molecule has 2 rings (SSSR count). The zero-order valence-electron chi connectivity index (χ0n) is 14.7. The van der Waals surface area contributed by atoms with Crippen molar-refractivity contribution in [2.45, 2.75) is 40.3 Å². The molecule has 5 nitrogen and oxygen atoms in total. The molecule has 0 spiro atoms. The molecule has 0 aliphatic carbocycles. The van der Waals surface area contributed by atoms with E-state index in [-0.39, 0.29) is 24.0 Å². The summed E-state index contributed by atoms with van der Waals surface area (Å²) in [6, 6.07) is 8.58. The van der Waals surface area contributed by atoms with Gasteiger partial charge in [-0.1, -0.05) is 31.2 Å². The smallest absolute Gasteiger partial charge is 0.191 e. The highest BCUT2D eigenvalue weighted by Crippen LogP contribution is 2.09. The molecule has 1 heterocycles. The van der Waals surface area contributed by atoms with Crippen molar-refractivity contribution in [3.8, 4) is 0 Å². The Hall–Kier alpha value is -1.57. The van der Waals surface area contributed by atoms with Gasteiger partial charge >= 0.3 is 0 Å². The van der Waals surface area contributed by atoms with Gasteiger partial charge in [-0.25, -0.2) is 9.98 Å². The van der Waals surface area contributed by atoms with Gasteiger partial charge in [0.25, 0.3) is 0 Å². The summed E-state index contributed by atoms with van der Waals surface area (Å²) in [5, 5.41) is 6.60. The molecule has 24 heavy (non-hydrogen) atoms. The third-order valence-electron chi connectivity index (χ3n) is 3.57. The number of halogens is 1. The van der Waals surface area contributed by atoms with E-state index in [2.05, 4.69) is 63.3 Å². The minimum absolute atomic E-state index is 0. The number of imidazole rings is 1. The molecule has 1 aromatic heterocycles. The Labute approximate surface area is 162 Å². The lowest BCUT2D eigenvalue weighted by Gasteiger charge is -2.11. The monoisotopic (exact) mass is 441 g/mol. The summed E-state index contributed by atoms with van der Waals surface area (Å²) in [5.41, 5.74) is 2.49. The molecule has 1 aromatic carbocycles. The maximum Gasteiger partial charge on any atom is 0.191 e. The molecule has 0 aliphatic heterocycles. The SMILES string of the molecule is CCCNC(=NCc1cccc(Cn2ccnc2C)c1)NCC.I. The van der Waals surface area contributed by atoms with E-state index in [0.717, 1.165) is 37.8 Å². The van der Waals surface area contributed by atoms with Crippen LogP contribution in [0.3, 0.4) is 0 Å². The van der Waals surface area contributed by atoms with Gasteiger partial charge in [0.1, 0.15) is 5.82 Å². The van der Waals surface area contributed by atoms with Crippen molar-refractivity contribution in [2.75, 3.05) is 13.1 Å². The van der Waals surface area contributed by atoms with Crippen molar-refractivity contribution in [3.63, 3.8) is 0 Å². The van der Waals surface area contributed by atoms with E-state index in [4.69, 9.17) is 0 Å². The maximum absolute atomic E-state index is 4.65. The molecule has 0 bridgehead atoms. The Morgan fingerprint density at radius 2 is 2.00 bits per heavy atom. The first kappa shape index (κ1) is 20.5. The summed E-state index contributed by atoms with van der Waals surface area (Å²) in [5.74, 6) is 1.91. The van der Waals surface area contributed by atoms with E-state index < -0.39 is 0 Å². The molecular weight excluding hydrogens is 413 g/mol. The van der Waals surface area contributed by atoms with E-state index in [1.807, 2.05) is 19.3 Å². The van der Waals surface area contributed by atoms with Gasteiger partial charge in [-0.05, 0) is 31.4 Å². The average Bonchev–Trinajstić information content (AvgIpc) is 2.95. The highest BCUT2D eigenvalue weighted by Gasteiger charge is 2.01. The van der Waals surface area contributed by atoms with E-state index in [9.17, 15) is 0 Å². The number of aliphatic imine (C=N–C) groups is 1. The van der Waals surface area contributed by atoms with E-state index >= 15 is 0 Å². The Morgan fingerprint density at radius 3 is 2.67 bits per heavy atom. The van der Waals surface area contributed by atoms with Gasteiger partial charge in [0.15, 0.2) is 5.96 Å². The standard InChI is InChI=1S/C18H27N5.HI/c1-4-9-21-18(19-5-2)22-13-16-7-6-8-17(12-16)14-23-11-10-20-15(23)3;/h6-8,10-12H,4-5,9,13-14H2,1-3H3,(H2,19,21,22);1H. The predicted octanol–water partition coefficient (Wildman–Crippen LogP) is 3.32. The first-order valence-corrected chi connectivity index (χ1v) is 8.30. The van der Waals surface area contributed by atoms with Gasteiger partial charge < -0.3 is 15.2 Å². The lowest BCUT2D eigenvalue weighted by molar-refractivity contribution is 0.759. The number of nitrogens with zero attached hydrogens (tertiary/aromatic N) is 3. The molecule has 0 atom stereocenters. The minimum Gasteiger partial charge on any atom is -0.357 e. The quantitative estimate of drug-likeness (QED) is 0.394. The van der Waals surface area contributed by atoms with Gasteiger partial charge in [0.2, 0.25) is 0 Å². The number of aromatic nitrogens is 2. The van der Waals surface area contributed by atoms with Crippen molar-refractivity contribution in [2.24, 2.45) is 4.99 Å². The molecule has 0 saturated carbocycles. The summed E-state index contributed by atoms with van der Waals surface area (Å²) in [7, 11) is 0. The van der Waals surface area contributed by atoms with Gasteiger partial charge in [0, 0.05) is 32.0 Å². The van der Waals surface area contributed by atoms with E-state index in [1.165, 1.54) is 11.1 Å². The second-order valence-electron chi connectivity index (χ2n) is 5.54. The van der Waals surface area contributed by atoms with Gasteiger partial charge in [-0.15, -0.1) is 24.0 Å². The normalized spacial score (nSPS) is 11.0. The zero-order chi connectivity index (χ0) is 16.5. The molecule has 0 unspecified atom stereocenters. The average molecular weight is 441 g/mol. The third-order valence-corrected chi connectivity index (χ3v) is 3.57. The Bertz CT molecular complexity index is 636. The molecule has 0 radical (unpaired) electrons. The fraction of sp³-hybridized carbons (Fsp3) is 0.444. The Morgan fingerprint density at radius 1 is 1.21 bits per heavy atom. The van der Waals surface area contributed by atoms with Crippen LogP contribution in [0.2, 0.25) is 0 Å². The van der Waals surface area contributed by atoms with Gasteiger partial charge in [-0.2, -0.15) is 0 Å². The fourth-order valence-corrected chi connectivity index (χ4v) is 2.35. The first-order chi connectivity index (χ1) is 11.2. The number of hydrogen-bond donors (Lipinski definition) is 2. The Kier molecular flexibility index (Phi) is 9.44. The molecule has 2 N–H and O–H groups in total. The molecular formula is C18H28IN5. The summed E-state index contributed by atoms with van der Waals surface area (Å²) in [6.45, 7) is 9.58. The zero-order valence-corrected chi connectivity index (χ0v) is 17.1. The van der Waals surface area contributed by atoms with Crippen molar-refractivity contribution < 1.29 is 0 Å². The number of nitrogens with one attached hydrogen (secondary N) is 2. The van der Waals surface area contributed by atoms with Crippen LogP contribution in [0.5, 0.6) is 0 Å².